The van der Waals surface area contributed by atoms with Crippen molar-refractivity contribution < 1.29 is 17.7 Å². The SMILES string of the molecule is N=C(N)N1CCC[C@H]1c1nc(-c2ccc(CCC3CCCC3)c(C(F)(F)F)c2)no1. The van der Waals surface area contributed by atoms with Crippen molar-refractivity contribution in [2.24, 2.45) is 11.7 Å². The molecule has 0 radical (unpaired) electrons. The molecule has 1 saturated carbocycles. The Balaban J connectivity index is 1.57. The van der Waals surface area contributed by atoms with E-state index in [4.69, 9.17) is 15.7 Å². The van der Waals surface area contributed by atoms with E-state index < -0.39 is 11.7 Å². The molecule has 2 aromatic rings. The van der Waals surface area contributed by atoms with Gasteiger partial charge >= 0.3 is 6.18 Å². The molecule has 1 saturated heterocycles. The van der Waals surface area contributed by atoms with Gasteiger partial charge in [-0.2, -0.15) is 18.2 Å². The zero-order valence-corrected chi connectivity index (χ0v) is 16.7. The molecule has 0 unspecified atom stereocenters. The van der Waals surface area contributed by atoms with Crippen molar-refractivity contribution in [3.8, 4) is 11.4 Å². The number of halogens is 3. The fourth-order valence-corrected chi connectivity index (χ4v) is 4.66. The van der Waals surface area contributed by atoms with Crippen LogP contribution in [0.4, 0.5) is 13.2 Å². The van der Waals surface area contributed by atoms with E-state index in [0.29, 0.717) is 30.9 Å². The van der Waals surface area contributed by atoms with Crippen molar-refractivity contribution in [2.45, 2.75) is 63.6 Å². The number of benzene rings is 1. The average molecular weight is 421 g/mol. The van der Waals surface area contributed by atoms with E-state index in [1.807, 2.05) is 0 Å². The minimum atomic E-state index is -4.44. The Labute approximate surface area is 173 Å². The minimum absolute atomic E-state index is 0.0803. The molecule has 1 aliphatic carbocycles. The van der Waals surface area contributed by atoms with Crippen LogP contribution in [0.1, 0.15) is 68.0 Å². The molecule has 1 atom stereocenters. The van der Waals surface area contributed by atoms with Gasteiger partial charge in [0.1, 0.15) is 6.04 Å². The molecule has 2 aliphatic rings. The van der Waals surface area contributed by atoms with Crippen molar-refractivity contribution in [2.75, 3.05) is 6.54 Å². The molecule has 0 amide bonds. The van der Waals surface area contributed by atoms with Crippen LogP contribution in [0.25, 0.3) is 11.4 Å². The summed E-state index contributed by atoms with van der Waals surface area (Å²) in [7, 11) is 0. The van der Waals surface area contributed by atoms with Crippen LogP contribution in [0, 0.1) is 11.3 Å². The third kappa shape index (κ3) is 4.29. The molecule has 0 spiro atoms. The monoisotopic (exact) mass is 421 g/mol. The molecule has 162 valence electrons. The normalized spacial score (nSPS) is 20.2. The fraction of sp³-hybridized carbons (Fsp3) is 0.571. The van der Waals surface area contributed by atoms with Gasteiger partial charge in [0.15, 0.2) is 5.96 Å². The van der Waals surface area contributed by atoms with Crippen LogP contribution in [-0.4, -0.2) is 27.5 Å². The largest absolute Gasteiger partial charge is 0.416 e. The Bertz CT molecular complexity index is 904. The van der Waals surface area contributed by atoms with E-state index in [-0.39, 0.29) is 29.3 Å². The average Bonchev–Trinajstić information content (AvgIpc) is 3.46. The zero-order valence-electron chi connectivity index (χ0n) is 16.7. The molecule has 1 aromatic carbocycles. The summed E-state index contributed by atoms with van der Waals surface area (Å²) < 4.78 is 46.5. The number of hydrogen-bond donors (Lipinski definition) is 2. The number of nitrogens with zero attached hydrogens (tertiary/aromatic N) is 3. The number of nitrogens with two attached hydrogens (primary N) is 1. The number of aromatic nitrogens is 2. The lowest BCUT2D eigenvalue weighted by Gasteiger charge is -2.21. The van der Waals surface area contributed by atoms with Crippen LogP contribution in [0.15, 0.2) is 22.7 Å². The van der Waals surface area contributed by atoms with E-state index in [2.05, 4.69) is 10.1 Å². The Morgan fingerprint density at radius 3 is 2.67 bits per heavy atom. The second kappa shape index (κ2) is 8.28. The highest BCUT2D eigenvalue weighted by Crippen LogP contribution is 2.37. The molecule has 1 aliphatic heterocycles. The van der Waals surface area contributed by atoms with E-state index in [1.165, 1.54) is 12.8 Å². The number of aryl methyl sites for hydroxylation is 1. The van der Waals surface area contributed by atoms with Gasteiger partial charge in [0.05, 0.1) is 5.56 Å². The van der Waals surface area contributed by atoms with E-state index >= 15 is 0 Å². The molecule has 2 fully saturated rings. The summed E-state index contributed by atoms with van der Waals surface area (Å²) in [6, 6.07) is 3.98. The summed E-state index contributed by atoms with van der Waals surface area (Å²) in [6.07, 6.45) is 2.89. The molecule has 6 nitrogen and oxygen atoms in total. The number of likely N-dealkylation sites (tertiary alicyclic amines) is 1. The summed E-state index contributed by atoms with van der Waals surface area (Å²) in [5.74, 6) is 0.842. The third-order valence-electron chi connectivity index (χ3n) is 6.26. The van der Waals surface area contributed by atoms with Crippen LogP contribution in [0.2, 0.25) is 0 Å². The van der Waals surface area contributed by atoms with Gasteiger partial charge in [0.2, 0.25) is 11.7 Å². The second-order valence-electron chi connectivity index (χ2n) is 8.25. The first kappa shape index (κ1) is 20.7. The van der Waals surface area contributed by atoms with Crippen molar-refractivity contribution >= 4 is 5.96 Å². The molecule has 4 rings (SSSR count). The van der Waals surface area contributed by atoms with Crippen LogP contribution >= 0.6 is 0 Å². The quantitative estimate of drug-likeness (QED) is 0.529. The van der Waals surface area contributed by atoms with Gasteiger partial charge in [-0.3, -0.25) is 5.41 Å². The maximum absolute atomic E-state index is 13.7. The Hall–Kier alpha value is -2.58. The fourth-order valence-electron chi connectivity index (χ4n) is 4.66. The topological polar surface area (TPSA) is 92.0 Å². The lowest BCUT2D eigenvalue weighted by molar-refractivity contribution is -0.138. The standard InChI is InChI=1S/C21H26F3N5O/c22-21(23,24)16-12-15(10-9-14(16)8-7-13-4-1-2-5-13)18-27-19(30-28-18)17-6-3-11-29(17)20(25)26/h9-10,12-13,17H,1-8,11H2,(H3,25,26)/t17-/m0/s1. The highest BCUT2D eigenvalue weighted by atomic mass is 19.4. The first-order chi connectivity index (χ1) is 14.3. The summed E-state index contributed by atoms with van der Waals surface area (Å²) in [5.41, 5.74) is 5.56. The third-order valence-corrected chi connectivity index (χ3v) is 6.26. The van der Waals surface area contributed by atoms with Gasteiger partial charge in [-0.15, -0.1) is 0 Å². The van der Waals surface area contributed by atoms with Crippen LogP contribution in [0.3, 0.4) is 0 Å². The van der Waals surface area contributed by atoms with Crippen molar-refractivity contribution in [1.29, 1.82) is 5.41 Å². The molecular formula is C21H26F3N5O. The number of nitrogens with one attached hydrogen (secondary N) is 1. The maximum Gasteiger partial charge on any atom is 0.416 e. The predicted molar refractivity (Wildman–Crippen MR) is 106 cm³/mol. The number of hydrogen-bond acceptors (Lipinski definition) is 4. The lowest BCUT2D eigenvalue weighted by Crippen LogP contribution is -2.35. The Morgan fingerprint density at radius 2 is 1.97 bits per heavy atom. The van der Waals surface area contributed by atoms with Gasteiger partial charge in [-0.05, 0) is 43.2 Å². The van der Waals surface area contributed by atoms with Gasteiger partial charge < -0.3 is 15.2 Å². The van der Waals surface area contributed by atoms with E-state index in [1.54, 1.807) is 17.0 Å². The summed E-state index contributed by atoms with van der Waals surface area (Å²) >= 11 is 0. The van der Waals surface area contributed by atoms with Crippen LogP contribution < -0.4 is 5.73 Å². The zero-order chi connectivity index (χ0) is 21.3. The summed E-state index contributed by atoms with van der Waals surface area (Å²) in [5, 5.41) is 11.5. The molecule has 0 bridgehead atoms. The molecule has 30 heavy (non-hydrogen) atoms. The Morgan fingerprint density at radius 1 is 1.20 bits per heavy atom. The molecular weight excluding hydrogens is 395 g/mol. The van der Waals surface area contributed by atoms with Crippen molar-refractivity contribution in [3.63, 3.8) is 0 Å². The summed E-state index contributed by atoms with van der Waals surface area (Å²) in [6.45, 7) is 0.617. The molecule has 1 aromatic heterocycles. The smallest absolute Gasteiger partial charge is 0.370 e. The second-order valence-corrected chi connectivity index (χ2v) is 8.25. The first-order valence-electron chi connectivity index (χ1n) is 10.5. The Kier molecular flexibility index (Phi) is 5.71. The summed E-state index contributed by atoms with van der Waals surface area (Å²) in [4.78, 5) is 5.98. The van der Waals surface area contributed by atoms with E-state index in [0.717, 1.165) is 31.7 Å². The lowest BCUT2D eigenvalue weighted by atomic mass is 9.94. The number of rotatable bonds is 5. The molecule has 2 heterocycles. The molecule has 3 N–H and O–H groups in total. The van der Waals surface area contributed by atoms with Gasteiger partial charge in [0.25, 0.3) is 0 Å². The molecule has 9 heteroatoms. The van der Waals surface area contributed by atoms with Crippen LogP contribution in [0.5, 0.6) is 0 Å². The minimum Gasteiger partial charge on any atom is -0.370 e. The maximum atomic E-state index is 13.7. The van der Waals surface area contributed by atoms with Crippen LogP contribution in [-0.2, 0) is 12.6 Å². The van der Waals surface area contributed by atoms with Gasteiger partial charge in [-0.25, -0.2) is 0 Å². The number of alkyl halides is 3. The first-order valence-corrected chi connectivity index (χ1v) is 10.5. The number of guanidine groups is 1. The van der Waals surface area contributed by atoms with Crippen molar-refractivity contribution in [1.82, 2.24) is 15.0 Å². The van der Waals surface area contributed by atoms with Crippen molar-refractivity contribution in [3.05, 3.63) is 35.2 Å². The van der Waals surface area contributed by atoms with Gasteiger partial charge in [-0.1, -0.05) is 43.0 Å². The van der Waals surface area contributed by atoms with E-state index in [9.17, 15) is 13.2 Å². The highest BCUT2D eigenvalue weighted by molar-refractivity contribution is 5.75. The van der Waals surface area contributed by atoms with Gasteiger partial charge in [0, 0.05) is 12.1 Å². The highest BCUT2D eigenvalue weighted by Gasteiger charge is 2.35. The predicted octanol–water partition coefficient (Wildman–Crippen LogP) is 4.91.